The molecular weight excluding hydrogens is 330 g/mol. The van der Waals surface area contributed by atoms with E-state index in [2.05, 4.69) is 66.2 Å². The Balaban J connectivity index is 2.13. The molecule has 0 radical (unpaired) electrons. The highest BCUT2D eigenvalue weighted by Crippen LogP contribution is 2.32. The molecular formula is C17H20BrNS. The lowest BCUT2D eigenvalue weighted by atomic mass is 10.0. The minimum Gasteiger partial charge on any atom is -0.327 e. The van der Waals surface area contributed by atoms with Crippen LogP contribution in [-0.2, 0) is 6.42 Å². The SMILES string of the molecule is CCC(N)Cc1ccc(Sc2cccc(Br)c2)c(C)c1. The fourth-order valence-corrected chi connectivity index (χ4v) is 3.55. The first kappa shape index (κ1) is 15.6. The molecule has 2 rings (SSSR count). The first-order chi connectivity index (χ1) is 9.58. The summed E-state index contributed by atoms with van der Waals surface area (Å²) in [5.41, 5.74) is 8.67. The minimum absolute atomic E-state index is 0.262. The second-order valence-corrected chi connectivity index (χ2v) is 7.06. The van der Waals surface area contributed by atoms with Crippen LogP contribution in [-0.4, -0.2) is 6.04 Å². The quantitative estimate of drug-likeness (QED) is 0.803. The summed E-state index contributed by atoms with van der Waals surface area (Å²) in [6.45, 7) is 4.30. The Bertz CT molecular complexity index is 583. The maximum Gasteiger partial charge on any atom is 0.0186 e. The molecule has 3 heteroatoms. The van der Waals surface area contributed by atoms with E-state index in [1.807, 2.05) is 6.07 Å². The van der Waals surface area contributed by atoms with E-state index in [1.165, 1.54) is 20.9 Å². The monoisotopic (exact) mass is 349 g/mol. The van der Waals surface area contributed by atoms with Gasteiger partial charge in [-0.2, -0.15) is 0 Å². The fraction of sp³-hybridized carbons (Fsp3) is 0.294. The Labute approximate surface area is 134 Å². The summed E-state index contributed by atoms with van der Waals surface area (Å²) in [5, 5.41) is 0. The van der Waals surface area contributed by atoms with Crippen molar-refractivity contribution in [3.63, 3.8) is 0 Å². The molecule has 0 aromatic heterocycles. The molecule has 0 spiro atoms. The van der Waals surface area contributed by atoms with Crippen LogP contribution in [0.3, 0.4) is 0 Å². The van der Waals surface area contributed by atoms with E-state index in [0.29, 0.717) is 0 Å². The van der Waals surface area contributed by atoms with Gasteiger partial charge in [-0.1, -0.05) is 52.8 Å². The molecule has 1 unspecified atom stereocenters. The molecule has 1 atom stereocenters. The third-order valence-corrected chi connectivity index (χ3v) is 4.95. The predicted molar refractivity (Wildman–Crippen MR) is 91.4 cm³/mol. The summed E-state index contributed by atoms with van der Waals surface area (Å²) in [5.74, 6) is 0. The van der Waals surface area contributed by atoms with Crippen LogP contribution in [0.25, 0.3) is 0 Å². The molecule has 0 bridgehead atoms. The van der Waals surface area contributed by atoms with E-state index in [9.17, 15) is 0 Å². The Morgan fingerprint density at radius 3 is 2.65 bits per heavy atom. The van der Waals surface area contributed by atoms with Crippen LogP contribution in [0, 0.1) is 6.92 Å². The zero-order valence-electron chi connectivity index (χ0n) is 11.9. The van der Waals surface area contributed by atoms with E-state index in [-0.39, 0.29) is 6.04 Å². The number of nitrogens with two attached hydrogens (primary N) is 1. The molecule has 2 aromatic carbocycles. The van der Waals surface area contributed by atoms with Crippen LogP contribution in [0.2, 0.25) is 0 Å². The van der Waals surface area contributed by atoms with E-state index in [1.54, 1.807) is 11.8 Å². The normalized spacial score (nSPS) is 12.4. The van der Waals surface area contributed by atoms with Crippen LogP contribution in [0.1, 0.15) is 24.5 Å². The number of aryl methyl sites for hydroxylation is 1. The molecule has 0 saturated heterocycles. The number of halogens is 1. The van der Waals surface area contributed by atoms with Gasteiger partial charge in [0.25, 0.3) is 0 Å². The van der Waals surface area contributed by atoms with E-state index in [0.717, 1.165) is 17.3 Å². The Morgan fingerprint density at radius 1 is 1.20 bits per heavy atom. The summed E-state index contributed by atoms with van der Waals surface area (Å²) in [4.78, 5) is 2.55. The third kappa shape index (κ3) is 4.37. The third-order valence-electron chi connectivity index (χ3n) is 3.29. The fourth-order valence-electron chi connectivity index (χ4n) is 2.06. The van der Waals surface area contributed by atoms with Gasteiger partial charge >= 0.3 is 0 Å². The van der Waals surface area contributed by atoms with Crippen molar-refractivity contribution in [1.82, 2.24) is 0 Å². The van der Waals surface area contributed by atoms with Crippen molar-refractivity contribution in [3.05, 3.63) is 58.1 Å². The molecule has 0 amide bonds. The lowest BCUT2D eigenvalue weighted by Gasteiger charge is -2.11. The van der Waals surface area contributed by atoms with Gasteiger partial charge in [0.05, 0.1) is 0 Å². The van der Waals surface area contributed by atoms with Crippen LogP contribution >= 0.6 is 27.7 Å². The summed E-state index contributed by atoms with van der Waals surface area (Å²) in [6.07, 6.45) is 1.98. The summed E-state index contributed by atoms with van der Waals surface area (Å²) < 4.78 is 1.12. The lowest BCUT2D eigenvalue weighted by Crippen LogP contribution is -2.21. The number of hydrogen-bond donors (Lipinski definition) is 1. The molecule has 1 nitrogen and oxygen atoms in total. The van der Waals surface area contributed by atoms with Gasteiger partial charge in [-0.25, -0.2) is 0 Å². The van der Waals surface area contributed by atoms with Gasteiger partial charge in [0.1, 0.15) is 0 Å². The average molecular weight is 350 g/mol. The predicted octanol–water partition coefficient (Wildman–Crippen LogP) is 5.19. The first-order valence-electron chi connectivity index (χ1n) is 6.87. The van der Waals surface area contributed by atoms with Gasteiger partial charge in [-0.15, -0.1) is 0 Å². The molecule has 0 heterocycles. The largest absolute Gasteiger partial charge is 0.327 e. The molecule has 0 aliphatic heterocycles. The molecule has 2 N–H and O–H groups in total. The first-order valence-corrected chi connectivity index (χ1v) is 8.48. The van der Waals surface area contributed by atoms with Crippen LogP contribution in [0.4, 0.5) is 0 Å². The van der Waals surface area contributed by atoms with Crippen molar-refractivity contribution >= 4 is 27.7 Å². The average Bonchev–Trinajstić information content (AvgIpc) is 2.42. The number of benzene rings is 2. The van der Waals surface area contributed by atoms with Gasteiger partial charge in [0.2, 0.25) is 0 Å². The van der Waals surface area contributed by atoms with Crippen molar-refractivity contribution in [1.29, 1.82) is 0 Å². The second-order valence-electron chi connectivity index (χ2n) is 5.03. The lowest BCUT2D eigenvalue weighted by molar-refractivity contribution is 0.646. The maximum atomic E-state index is 6.02. The summed E-state index contributed by atoms with van der Waals surface area (Å²) >= 11 is 5.31. The van der Waals surface area contributed by atoms with Gasteiger partial charge in [-0.3, -0.25) is 0 Å². The van der Waals surface area contributed by atoms with Crippen LogP contribution < -0.4 is 5.73 Å². The maximum absolute atomic E-state index is 6.02. The van der Waals surface area contributed by atoms with Crippen LogP contribution in [0.5, 0.6) is 0 Å². The van der Waals surface area contributed by atoms with E-state index in [4.69, 9.17) is 5.73 Å². The smallest absolute Gasteiger partial charge is 0.0186 e. The molecule has 2 aromatic rings. The van der Waals surface area contributed by atoms with Crippen molar-refractivity contribution in [2.45, 2.75) is 42.5 Å². The van der Waals surface area contributed by atoms with Crippen molar-refractivity contribution in [2.24, 2.45) is 5.73 Å². The highest BCUT2D eigenvalue weighted by molar-refractivity contribution is 9.10. The van der Waals surface area contributed by atoms with Crippen molar-refractivity contribution < 1.29 is 0 Å². The highest BCUT2D eigenvalue weighted by Gasteiger charge is 2.06. The number of rotatable bonds is 5. The Kier molecular flexibility index (Phi) is 5.70. The molecule has 0 fully saturated rings. The van der Waals surface area contributed by atoms with E-state index >= 15 is 0 Å². The number of hydrogen-bond acceptors (Lipinski definition) is 2. The molecule has 20 heavy (non-hydrogen) atoms. The molecule has 0 aliphatic rings. The van der Waals surface area contributed by atoms with Crippen molar-refractivity contribution in [2.75, 3.05) is 0 Å². The summed E-state index contributed by atoms with van der Waals surface area (Å²) in [6, 6.07) is 15.3. The zero-order valence-corrected chi connectivity index (χ0v) is 14.3. The van der Waals surface area contributed by atoms with Gasteiger partial charge in [0.15, 0.2) is 0 Å². The van der Waals surface area contributed by atoms with Gasteiger partial charge in [-0.05, 0) is 55.2 Å². The molecule has 0 saturated carbocycles. The van der Waals surface area contributed by atoms with E-state index < -0.39 is 0 Å². The standard InChI is InChI=1S/C17H20BrNS/c1-3-15(19)10-13-7-8-17(12(2)9-13)20-16-6-4-5-14(18)11-16/h4-9,11,15H,3,10,19H2,1-2H3. The van der Waals surface area contributed by atoms with Crippen molar-refractivity contribution in [3.8, 4) is 0 Å². The molecule has 106 valence electrons. The minimum atomic E-state index is 0.262. The zero-order chi connectivity index (χ0) is 14.5. The second kappa shape index (κ2) is 7.30. The molecule has 0 aliphatic carbocycles. The van der Waals surface area contributed by atoms with Crippen LogP contribution in [0.15, 0.2) is 56.7 Å². The Hall–Kier alpha value is -0.770. The Morgan fingerprint density at radius 2 is 2.00 bits per heavy atom. The topological polar surface area (TPSA) is 26.0 Å². The highest BCUT2D eigenvalue weighted by atomic mass is 79.9. The summed E-state index contributed by atoms with van der Waals surface area (Å²) in [7, 11) is 0. The van der Waals surface area contributed by atoms with Gasteiger partial charge < -0.3 is 5.73 Å². The van der Waals surface area contributed by atoms with Gasteiger partial charge in [0, 0.05) is 20.3 Å².